The van der Waals surface area contributed by atoms with Crippen LogP contribution >= 0.6 is 0 Å². The van der Waals surface area contributed by atoms with E-state index >= 15 is 0 Å². The molecular formula is C18H12F3NO5S. The highest BCUT2D eigenvalue weighted by Crippen LogP contribution is 2.36. The summed E-state index contributed by atoms with van der Waals surface area (Å²) in [5.74, 6) is -4.67. The molecule has 0 saturated heterocycles. The van der Waals surface area contributed by atoms with Crippen LogP contribution in [0.1, 0.15) is 11.1 Å². The van der Waals surface area contributed by atoms with Crippen LogP contribution in [0.15, 0.2) is 60.7 Å². The minimum atomic E-state index is -5.27. The zero-order valence-corrected chi connectivity index (χ0v) is 14.8. The Balaban J connectivity index is 2.06. The van der Waals surface area contributed by atoms with Gasteiger partial charge in [0.2, 0.25) is 0 Å². The first-order valence-electron chi connectivity index (χ1n) is 7.82. The lowest BCUT2D eigenvalue weighted by atomic mass is 9.96. The Morgan fingerprint density at radius 3 is 1.54 bits per heavy atom. The number of benzene rings is 2. The maximum absolute atomic E-state index is 12.7. The van der Waals surface area contributed by atoms with Gasteiger partial charge in [0, 0.05) is 0 Å². The summed E-state index contributed by atoms with van der Waals surface area (Å²) in [7, 11) is -5.27. The normalized spacial score (nSPS) is 15.5. The van der Waals surface area contributed by atoms with Crippen molar-refractivity contribution in [1.82, 2.24) is 5.06 Å². The van der Waals surface area contributed by atoms with Gasteiger partial charge >= 0.3 is 6.18 Å². The van der Waals surface area contributed by atoms with Crippen LogP contribution in [0.2, 0.25) is 0 Å². The van der Waals surface area contributed by atoms with Crippen molar-refractivity contribution in [3.63, 3.8) is 0 Å². The Kier molecular flexibility index (Phi) is 5.09. The minimum absolute atomic E-state index is 0.147. The molecule has 1 aliphatic heterocycles. The summed E-state index contributed by atoms with van der Waals surface area (Å²) in [6.07, 6.45) is -5.09. The summed E-state index contributed by atoms with van der Waals surface area (Å²) in [6.45, 7) is 0. The molecule has 10 heteroatoms. The van der Waals surface area contributed by atoms with Crippen molar-refractivity contribution >= 4 is 33.1 Å². The van der Waals surface area contributed by atoms with Crippen LogP contribution in [0, 0.1) is 0 Å². The quantitative estimate of drug-likeness (QED) is 0.707. The van der Waals surface area contributed by atoms with E-state index in [1.807, 2.05) is 0 Å². The lowest BCUT2D eigenvalue weighted by molar-refractivity contribution is -0.162. The van der Waals surface area contributed by atoms with E-state index in [0.717, 1.165) is 0 Å². The van der Waals surface area contributed by atoms with E-state index in [-0.39, 0.29) is 16.2 Å². The maximum atomic E-state index is 12.7. The Hall–Kier alpha value is -2.98. The van der Waals surface area contributed by atoms with Gasteiger partial charge in [-0.2, -0.15) is 21.6 Å². The summed E-state index contributed by atoms with van der Waals surface area (Å²) < 4.78 is 64.9. The van der Waals surface area contributed by atoms with Gasteiger partial charge < -0.3 is 0 Å². The van der Waals surface area contributed by atoms with Crippen molar-refractivity contribution in [3.8, 4) is 0 Å². The summed E-state index contributed by atoms with van der Waals surface area (Å²) in [4.78, 5) is 25.4. The number of hydrogen-bond acceptors (Lipinski definition) is 5. The fourth-order valence-electron chi connectivity index (χ4n) is 2.66. The smallest absolute Gasteiger partial charge is 0.266 e. The third-order valence-electron chi connectivity index (χ3n) is 3.70. The van der Waals surface area contributed by atoms with Gasteiger partial charge in [0.15, 0.2) is 5.75 Å². The molecule has 1 aliphatic rings. The fraction of sp³-hybridized carbons (Fsp3) is 0.111. The monoisotopic (exact) mass is 411 g/mol. The molecule has 0 bridgehead atoms. The molecule has 6 nitrogen and oxygen atoms in total. The van der Waals surface area contributed by atoms with Crippen molar-refractivity contribution in [3.05, 3.63) is 71.8 Å². The highest BCUT2D eigenvalue weighted by Gasteiger charge is 2.45. The Morgan fingerprint density at radius 1 is 0.786 bits per heavy atom. The van der Waals surface area contributed by atoms with Gasteiger partial charge in [-0.1, -0.05) is 60.7 Å². The first kappa shape index (κ1) is 19.8. The topological polar surface area (TPSA) is 80.8 Å². The average molecular weight is 411 g/mol. The molecular weight excluding hydrogens is 399 g/mol. The second-order valence-corrected chi connectivity index (χ2v) is 7.33. The van der Waals surface area contributed by atoms with E-state index in [2.05, 4.69) is 4.28 Å². The molecule has 0 atom stereocenters. The van der Waals surface area contributed by atoms with E-state index in [4.69, 9.17) is 0 Å². The van der Waals surface area contributed by atoms with E-state index < -0.39 is 33.9 Å². The van der Waals surface area contributed by atoms with Gasteiger partial charge in [0.05, 0.1) is 11.1 Å². The number of rotatable bonds is 5. The van der Waals surface area contributed by atoms with Gasteiger partial charge in [-0.25, -0.2) is 0 Å². The van der Waals surface area contributed by atoms with Crippen LogP contribution in [0.4, 0.5) is 13.2 Å². The predicted octanol–water partition coefficient (Wildman–Crippen LogP) is 2.79. The van der Waals surface area contributed by atoms with Crippen molar-refractivity contribution < 1.29 is 35.5 Å². The van der Waals surface area contributed by atoms with E-state index in [9.17, 15) is 31.2 Å². The van der Waals surface area contributed by atoms with Crippen LogP contribution in [-0.2, 0) is 24.0 Å². The zero-order chi connectivity index (χ0) is 20.5. The number of hydrogen-bond donors (Lipinski definition) is 0. The van der Waals surface area contributed by atoms with Gasteiger partial charge in [0.1, 0.15) is 0 Å². The molecule has 0 saturated carbocycles. The third-order valence-corrected chi connectivity index (χ3v) is 4.76. The Bertz CT molecular complexity index is 986. The summed E-state index contributed by atoms with van der Waals surface area (Å²) in [6, 6.07) is 15.7. The molecule has 0 fully saturated rings. The van der Waals surface area contributed by atoms with Gasteiger partial charge in [0.25, 0.3) is 21.9 Å². The molecule has 146 valence electrons. The summed E-state index contributed by atoms with van der Waals surface area (Å²) in [5.41, 5.74) is 0.246. The van der Waals surface area contributed by atoms with Gasteiger partial charge in [-0.05, 0) is 11.1 Å². The fourth-order valence-corrected chi connectivity index (χ4v) is 3.48. The minimum Gasteiger partial charge on any atom is -0.266 e. The summed E-state index contributed by atoms with van der Waals surface area (Å²) >= 11 is 0. The average Bonchev–Trinajstić information content (AvgIpc) is 2.85. The SMILES string of the molecule is O=C1C(c2ccccc2)=C(c2ccccc2)C(=O)N1OS(=O)(=O)CC(F)(F)F. The number of halogens is 3. The van der Waals surface area contributed by atoms with Crippen LogP contribution in [0.25, 0.3) is 11.1 Å². The van der Waals surface area contributed by atoms with E-state index in [1.54, 1.807) is 36.4 Å². The van der Waals surface area contributed by atoms with E-state index in [0.29, 0.717) is 11.1 Å². The van der Waals surface area contributed by atoms with Crippen LogP contribution in [0.3, 0.4) is 0 Å². The molecule has 0 aliphatic carbocycles. The Morgan fingerprint density at radius 2 is 1.18 bits per heavy atom. The number of hydroxylamine groups is 2. The molecule has 3 rings (SSSR count). The largest absolute Gasteiger partial charge is 0.405 e. The van der Waals surface area contributed by atoms with Crippen molar-refractivity contribution in [2.75, 3.05) is 5.75 Å². The van der Waals surface area contributed by atoms with Crippen molar-refractivity contribution in [2.24, 2.45) is 0 Å². The standard InChI is InChI=1S/C18H12F3NO5S/c19-18(20,21)11-28(25,26)27-22-16(23)14(12-7-3-1-4-8-12)15(17(22)24)13-9-5-2-6-10-13/h1-10H,11H2. The highest BCUT2D eigenvalue weighted by molar-refractivity contribution is 7.86. The highest BCUT2D eigenvalue weighted by atomic mass is 32.2. The second-order valence-electron chi connectivity index (χ2n) is 5.78. The molecule has 0 unspecified atom stereocenters. The molecule has 28 heavy (non-hydrogen) atoms. The molecule has 0 spiro atoms. The molecule has 0 radical (unpaired) electrons. The molecule has 1 heterocycles. The lowest BCUT2D eigenvalue weighted by Crippen LogP contribution is -2.37. The van der Waals surface area contributed by atoms with Crippen molar-refractivity contribution in [2.45, 2.75) is 6.18 Å². The predicted molar refractivity (Wildman–Crippen MR) is 92.5 cm³/mol. The second kappa shape index (κ2) is 7.21. The number of carbonyl (C=O) groups excluding carboxylic acids is 2. The summed E-state index contributed by atoms with van der Waals surface area (Å²) in [5, 5.41) is -0.147. The number of imide groups is 1. The van der Waals surface area contributed by atoms with Crippen LogP contribution in [-0.4, -0.2) is 37.2 Å². The van der Waals surface area contributed by atoms with E-state index in [1.165, 1.54) is 24.3 Å². The van der Waals surface area contributed by atoms with Gasteiger partial charge in [-0.15, -0.1) is 9.35 Å². The molecule has 0 N–H and O–H groups in total. The number of amides is 2. The number of alkyl halides is 3. The Labute approximate surface area is 157 Å². The first-order valence-corrected chi connectivity index (χ1v) is 9.40. The van der Waals surface area contributed by atoms with Crippen LogP contribution < -0.4 is 0 Å². The number of carbonyl (C=O) groups is 2. The van der Waals surface area contributed by atoms with Crippen LogP contribution in [0.5, 0.6) is 0 Å². The molecule has 0 aromatic heterocycles. The van der Waals surface area contributed by atoms with Gasteiger partial charge in [-0.3, -0.25) is 9.59 Å². The van der Waals surface area contributed by atoms with Crippen molar-refractivity contribution in [1.29, 1.82) is 0 Å². The molecule has 2 aromatic rings. The lowest BCUT2D eigenvalue weighted by Gasteiger charge is -2.15. The number of nitrogens with zero attached hydrogens (tertiary/aromatic N) is 1. The maximum Gasteiger partial charge on any atom is 0.405 e. The molecule has 2 aromatic carbocycles. The molecule has 2 amide bonds. The first-order chi connectivity index (χ1) is 13.1. The zero-order valence-electron chi connectivity index (χ0n) is 14.0. The third kappa shape index (κ3) is 4.12.